The topological polar surface area (TPSA) is 74.1 Å². The third-order valence-corrected chi connectivity index (χ3v) is 4.69. The normalized spacial score (nSPS) is 19.2. The Bertz CT molecular complexity index is 822. The highest BCUT2D eigenvalue weighted by molar-refractivity contribution is 6.03. The number of amides is 1. The number of nitrogens with zero attached hydrogens (tertiary/aromatic N) is 3. The number of rotatable bonds is 4. The molecule has 1 aromatic rings. The molecule has 1 amide bonds. The minimum Gasteiger partial charge on any atom is -0.342 e. The second kappa shape index (κ2) is 7.51. The molecule has 0 fully saturated rings. The summed E-state index contributed by atoms with van der Waals surface area (Å²) in [6, 6.07) is 2.67. The van der Waals surface area contributed by atoms with Gasteiger partial charge in [-0.1, -0.05) is 19.9 Å². The summed E-state index contributed by atoms with van der Waals surface area (Å²) in [6.45, 7) is 3.70. The van der Waals surface area contributed by atoms with Crippen molar-refractivity contribution in [2.24, 2.45) is 11.3 Å². The number of Topliss-reactive ketones (excluding diaryl/α,β-unsaturated/α-hetero) is 1. The molecule has 0 radical (unpaired) electrons. The molecule has 1 aromatic heterocycles. The molecule has 0 saturated carbocycles. The Morgan fingerprint density at radius 3 is 2.70 bits per heavy atom. The molecule has 8 heteroatoms. The first-order chi connectivity index (χ1) is 12.5. The van der Waals surface area contributed by atoms with Gasteiger partial charge in [0.15, 0.2) is 5.78 Å². The van der Waals surface area contributed by atoms with Crippen LogP contribution in [-0.4, -0.2) is 35.2 Å². The van der Waals surface area contributed by atoms with E-state index in [2.05, 4.69) is 4.98 Å². The first-order valence-corrected chi connectivity index (χ1v) is 8.40. The Hall–Kier alpha value is -2.69. The smallest absolute Gasteiger partial charge is 0.342 e. The maximum atomic E-state index is 13.1. The zero-order valence-corrected chi connectivity index (χ0v) is 15.3. The molecule has 0 aliphatic heterocycles. The number of ketones is 1. The van der Waals surface area contributed by atoms with Crippen LogP contribution in [0.1, 0.15) is 42.6 Å². The lowest BCUT2D eigenvalue weighted by molar-refractivity contribution is -0.138. The average molecular weight is 379 g/mol. The molecular formula is C19H20F3N3O2. The first-order valence-electron chi connectivity index (χ1n) is 8.40. The lowest BCUT2D eigenvalue weighted by Gasteiger charge is -2.32. The van der Waals surface area contributed by atoms with Crippen molar-refractivity contribution >= 4 is 11.7 Å². The number of pyridine rings is 1. The van der Waals surface area contributed by atoms with Crippen molar-refractivity contribution in [1.29, 1.82) is 5.26 Å². The van der Waals surface area contributed by atoms with Crippen molar-refractivity contribution in [2.75, 3.05) is 13.6 Å². The van der Waals surface area contributed by atoms with Gasteiger partial charge in [0.1, 0.15) is 6.07 Å². The zero-order valence-electron chi connectivity index (χ0n) is 15.3. The number of aromatic nitrogens is 1. The predicted octanol–water partition coefficient (Wildman–Crippen LogP) is 3.63. The molecule has 1 aliphatic rings. The number of nitriles is 1. The highest BCUT2D eigenvalue weighted by Crippen LogP contribution is 2.37. The van der Waals surface area contributed by atoms with Crippen LogP contribution in [0.3, 0.4) is 0 Å². The van der Waals surface area contributed by atoms with Crippen LogP contribution in [0.15, 0.2) is 30.1 Å². The van der Waals surface area contributed by atoms with Gasteiger partial charge in [0, 0.05) is 31.4 Å². The molecule has 2 rings (SSSR count). The van der Waals surface area contributed by atoms with Crippen molar-refractivity contribution in [2.45, 2.75) is 32.9 Å². The van der Waals surface area contributed by atoms with Gasteiger partial charge in [-0.2, -0.15) is 18.4 Å². The van der Waals surface area contributed by atoms with Crippen LogP contribution in [0.4, 0.5) is 13.2 Å². The molecular weight excluding hydrogens is 359 g/mol. The number of allylic oxidation sites excluding steroid dienone is 2. The SMILES string of the molecule is CN(CC[C@@H]1C=C(C#N)C(=O)C(C)(C)C1)C(=O)c1cnccc1C(F)(F)F. The largest absolute Gasteiger partial charge is 0.417 e. The third-order valence-electron chi connectivity index (χ3n) is 4.69. The van der Waals surface area contributed by atoms with Gasteiger partial charge >= 0.3 is 6.18 Å². The number of alkyl halides is 3. The van der Waals surface area contributed by atoms with E-state index in [4.69, 9.17) is 5.26 Å². The van der Waals surface area contributed by atoms with Crippen LogP contribution in [0.5, 0.6) is 0 Å². The number of carbonyl (C=O) groups is 2. The van der Waals surface area contributed by atoms with Crippen LogP contribution >= 0.6 is 0 Å². The van der Waals surface area contributed by atoms with E-state index in [1.54, 1.807) is 19.9 Å². The quantitative estimate of drug-likeness (QED) is 0.801. The summed E-state index contributed by atoms with van der Waals surface area (Å²) in [5, 5.41) is 9.12. The molecule has 144 valence electrons. The monoisotopic (exact) mass is 379 g/mol. The van der Waals surface area contributed by atoms with E-state index in [1.165, 1.54) is 11.9 Å². The maximum absolute atomic E-state index is 13.1. The van der Waals surface area contributed by atoms with Crippen LogP contribution in [0.2, 0.25) is 0 Å². The predicted molar refractivity (Wildman–Crippen MR) is 91.4 cm³/mol. The summed E-state index contributed by atoms with van der Waals surface area (Å²) in [5.74, 6) is -1.10. The summed E-state index contributed by atoms with van der Waals surface area (Å²) in [4.78, 5) is 29.4. The zero-order chi connectivity index (χ0) is 20.4. The molecule has 5 nitrogen and oxygen atoms in total. The van der Waals surface area contributed by atoms with Crippen LogP contribution < -0.4 is 0 Å². The second-order valence-corrected chi connectivity index (χ2v) is 7.30. The minimum atomic E-state index is -4.65. The van der Waals surface area contributed by atoms with Gasteiger partial charge in [0.2, 0.25) is 0 Å². The van der Waals surface area contributed by atoms with Crippen molar-refractivity contribution in [3.8, 4) is 6.07 Å². The Kier molecular flexibility index (Phi) is 5.73. The minimum absolute atomic E-state index is 0.0943. The molecule has 0 saturated heterocycles. The number of carbonyl (C=O) groups excluding carboxylic acids is 2. The van der Waals surface area contributed by atoms with Crippen LogP contribution in [-0.2, 0) is 11.0 Å². The molecule has 27 heavy (non-hydrogen) atoms. The van der Waals surface area contributed by atoms with Crippen molar-refractivity contribution in [1.82, 2.24) is 9.88 Å². The van der Waals surface area contributed by atoms with Gasteiger partial charge in [-0.15, -0.1) is 0 Å². The third kappa shape index (κ3) is 4.54. The second-order valence-electron chi connectivity index (χ2n) is 7.30. The maximum Gasteiger partial charge on any atom is 0.417 e. The van der Waals surface area contributed by atoms with Gasteiger partial charge in [-0.05, 0) is 24.8 Å². The molecule has 0 bridgehead atoms. The van der Waals surface area contributed by atoms with Gasteiger partial charge in [-0.25, -0.2) is 0 Å². The molecule has 1 heterocycles. The number of halogens is 3. The first kappa shape index (κ1) is 20.6. The fraction of sp³-hybridized carbons (Fsp3) is 0.474. The number of hydrogen-bond donors (Lipinski definition) is 0. The molecule has 1 atom stereocenters. The van der Waals surface area contributed by atoms with Crippen LogP contribution in [0, 0.1) is 22.7 Å². The van der Waals surface area contributed by atoms with E-state index in [0.29, 0.717) is 12.8 Å². The summed E-state index contributed by atoms with van der Waals surface area (Å²) in [5.41, 5.74) is -2.11. The average Bonchev–Trinajstić information content (AvgIpc) is 2.60. The van der Waals surface area contributed by atoms with Crippen molar-refractivity contribution < 1.29 is 22.8 Å². The lowest BCUT2D eigenvalue weighted by Crippen LogP contribution is -2.35. The molecule has 0 N–H and O–H groups in total. The van der Waals surface area contributed by atoms with E-state index in [0.717, 1.165) is 18.5 Å². The van der Waals surface area contributed by atoms with Crippen molar-refractivity contribution in [3.05, 3.63) is 41.2 Å². The highest BCUT2D eigenvalue weighted by Gasteiger charge is 2.38. The van der Waals surface area contributed by atoms with E-state index < -0.39 is 28.6 Å². The number of hydrogen-bond acceptors (Lipinski definition) is 4. The summed E-state index contributed by atoms with van der Waals surface area (Å²) in [6.07, 6.45) is -0.192. The Balaban J connectivity index is 2.12. The Labute approximate surface area is 155 Å². The molecule has 1 aliphatic carbocycles. The molecule has 0 aromatic carbocycles. The Morgan fingerprint density at radius 2 is 2.11 bits per heavy atom. The van der Waals surface area contributed by atoms with E-state index in [1.807, 2.05) is 6.07 Å². The van der Waals surface area contributed by atoms with E-state index in [-0.39, 0.29) is 23.8 Å². The summed E-state index contributed by atoms with van der Waals surface area (Å²) >= 11 is 0. The van der Waals surface area contributed by atoms with Gasteiger partial charge in [-0.3, -0.25) is 14.6 Å². The highest BCUT2D eigenvalue weighted by atomic mass is 19.4. The summed E-state index contributed by atoms with van der Waals surface area (Å²) in [7, 11) is 1.42. The Morgan fingerprint density at radius 1 is 1.44 bits per heavy atom. The van der Waals surface area contributed by atoms with E-state index >= 15 is 0 Å². The lowest BCUT2D eigenvalue weighted by atomic mass is 9.71. The fourth-order valence-corrected chi connectivity index (χ4v) is 3.24. The van der Waals surface area contributed by atoms with Crippen molar-refractivity contribution in [3.63, 3.8) is 0 Å². The standard InChI is InChI=1S/C19H20F3N3O2/c1-18(2)9-12(8-13(10-23)16(18)26)5-7-25(3)17(27)14-11-24-6-4-15(14)19(20,21)22/h4,6,8,11-12H,5,7,9H2,1-3H3/t12-/m1/s1. The molecule has 0 spiro atoms. The van der Waals surface area contributed by atoms with Crippen LogP contribution in [0.25, 0.3) is 0 Å². The van der Waals surface area contributed by atoms with Gasteiger partial charge in [0.25, 0.3) is 5.91 Å². The molecule has 0 unspecified atom stereocenters. The fourth-order valence-electron chi connectivity index (χ4n) is 3.24. The summed E-state index contributed by atoms with van der Waals surface area (Å²) < 4.78 is 39.3. The van der Waals surface area contributed by atoms with Gasteiger partial charge < -0.3 is 4.90 Å². The van der Waals surface area contributed by atoms with E-state index in [9.17, 15) is 22.8 Å². The van der Waals surface area contributed by atoms with Gasteiger partial charge in [0.05, 0.1) is 16.7 Å².